The van der Waals surface area contributed by atoms with E-state index >= 15 is 4.39 Å². The summed E-state index contributed by atoms with van der Waals surface area (Å²) in [6.07, 6.45) is 1.52. The molecule has 68 heavy (non-hydrogen) atoms. The van der Waals surface area contributed by atoms with Crippen molar-refractivity contribution in [2.24, 2.45) is 0 Å². The number of hydrogen-bond acceptors (Lipinski definition) is 14. The van der Waals surface area contributed by atoms with Crippen LogP contribution in [0, 0.1) is 22.7 Å². The molecule has 342 valence electrons. The number of para-hydroxylation sites is 1. The molecule has 2 aromatic heterocycles. The molecule has 0 saturated carbocycles. The summed E-state index contributed by atoms with van der Waals surface area (Å²) in [5, 5.41) is 25.7. The Hall–Kier alpha value is -8.90. The maximum atomic E-state index is 15.3. The van der Waals surface area contributed by atoms with Gasteiger partial charge in [0.25, 0.3) is 11.8 Å². The van der Waals surface area contributed by atoms with Crippen LogP contribution in [0.25, 0.3) is 28.3 Å². The maximum Gasteiger partial charge on any atom is 0.264 e. The fourth-order valence-electron chi connectivity index (χ4n) is 8.08. The number of carbonyl (C=O) groups is 2. The molecule has 18 heteroatoms. The van der Waals surface area contributed by atoms with Crippen LogP contribution >= 0.6 is 0 Å². The summed E-state index contributed by atoms with van der Waals surface area (Å²) in [7, 11) is 0. The van der Waals surface area contributed by atoms with Crippen LogP contribution in [0.2, 0.25) is 0 Å². The van der Waals surface area contributed by atoms with Crippen LogP contribution in [-0.4, -0.2) is 92.2 Å². The Kier molecular flexibility index (Phi) is 13.8. The standard InChI is InChI=1S/C50H44F2N12O4/c1-30(22-53)49(65)63-24-35(51)20-37(26-63)61-47-43(45(55)57-28-59-47)33-11-17-42(18-12-33)68-40-13-7-31(8-14-40)19-34(23-54)50(66)64-25-36(52)21-38(27-64)62-48-44(46(56)58-29-60-48)32-9-15-41(16-10-32)67-39-5-3-2-4-6-39/h2-19,28-29,35-38H,1,20-21,24-27H2,(H3,55,57,59,61)(H3,56,58,60,62)/b34-19-/t35-,36+,37-,38+/m0/s1. The van der Waals surface area contributed by atoms with E-state index in [9.17, 15) is 19.2 Å². The number of hydrogen-bond donors (Lipinski definition) is 4. The second-order valence-electron chi connectivity index (χ2n) is 16.1. The molecule has 0 spiro atoms. The number of rotatable bonds is 13. The second kappa shape index (κ2) is 20.5. The second-order valence-corrected chi connectivity index (χ2v) is 16.1. The van der Waals surface area contributed by atoms with Gasteiger partial charge in [-0.2, -0.15) is 10.5 Å². The normalized spacial score (nSPS) is 18.1. The highest BCUT2D eigenvalue weighted by Gasteiger charge is 2.34. The highest BCUT2D eigenvalue weighted by Crippen LogP contribution is 2.36. The van der Waals surface area contributed by atoms with Crippen molar-refractivity contribution in [3.63, 3.8) is 0 Å². The first-order valence-electron chi connectivity index (χ1n) is 21.5. The Morgan fingerprint density at radius 3 is 1.53 bits per heavy atom. The Labute approximate surface area is 390 Å². The first kappa shape index (κ1) is 45.7. The van der Waals surface area contributed by atoms with Crippen molar-refractivity contribution >= 4 is 41.2 Å². The lowest BCUT2D eigenvalue weighted by Crippen LogP contribution is -2.50. The van der Waals surface area contributed by atoms with Crippen molar-refractivity contribution in [2.45, 2.75) is 37.3 Å². The average Bonchev–Trinajstić information content (AvgIpc) is 3.34. The van der Waals surface area contributed by atoms with E-state index in [-0.39, 0.29) is 61.8 Å². The van der Waals surface area contributed by atoms with Crippen LogP contribution in [0.1, 0.15) is 18.4 Å². The average molecular weight is 915 g/mol. The van der Waals surface area contributed by atoms with Gasteiger partial charge in [-0.1, -0.05) is 61.2 Å². The molecule has 0 unspecified atom stereocenters. The molecule has 2 fully saturated rings. The largest absolute Gasteiger partial charge is 0.457 e. The summed E-state index contributed by atoms with van der Waals surface area (Å²) in [6.45, 7) is 3.36. The first-order valence-corrected chi connectivity index (χ1v) is 21.5. The third kappa shape index (κ3) is 10.8. The molecule has 4 atom stereocenters. The van der Waals surface area contributed by atoms with E-state index in [1.807, 2.05) is 48.5 Å². The van der Waals surface area contributed by atoms with Crippen molar-refractivity contribution < 1.29 is 27.8 Å². The number of aromatic nitrogens is 4. The summed E-state index contributed by atoms with van der Waals surface area (Å²) in [5.74, 6) is 2.09. The quantitative estimate of drug-likeness (QED) is 0.0641. The summed E-state index contributed by atoms with van der Waals surface area (Å²) < 4.78 is 42.1. The lowest BCUT2D eigenvalue weighted by molar-refractivity contribution is -0.129. The number of likely N-dealkylation sites (tertiary alicyclic amines) is 2. The molecule has 2 aliphatic rings. The molecule has 0 aliphatic carbocycles. The number of piperidine rings is 2. The Morgan fingerprint density at radius 2 is 1.07 bits per heavy atom. The molecule has 8 rings (SSSR count). The van der Waals surface area contributed by atoms with Gasteiger partial charge >= 0.3 is 0 Å². The van der Waals surface area contributed by atoms with Gasteiger partial charge in [0, 0.05) is 38.0 Å². The van der Waals surface area contributed by atoms with E-state index in [2.05, 4.69) is 37.1 Å². The maximum absolute atomic E-state index is 15.3. The summed E-state index contributed by atoms with van der Waals surface area (Å²) in [6, 6.07) is 32.9. The van der Waals surface area contributed by atoms with Crippen LogP contribution in [0.4, 0.5) is 32.1 Å². The van der Waals surface area contributed by atoms with Gasteiger partial charge in [-0.25, -0.2) is 28.7 Å². The van der Waals surface area contributed by atoms with Crippen molar-refractivity contribution in [1.29, 1.82) is 10.5 Å². The minimum atomic E-state index is -1.38. The fourth-order valence-corrected chi connectivity index (χ4v) is 8.08. The van der Waals surface area contributed by atoms with Crippen molar-refractivity contribution in [1.82, 2.24) is 29.7 Å². The monoisotopic (exact) mass is 914 g/mol. The van der Waals surface area contributed by atoms with E-state index in [4.69, 9.17) is 26.2 Å². The minimum absolute atomic E-state index is 0.0914. The lowest BCUT2D eigenvalue weighted by Gasteiger charge is -2.35. The number of nitrogens with zero attached hydrogens (tertiary/aromatic N) is 8. The SMILES string of the molecule is C=C(C#N)C(=O)N1C[C@@H](F)C[C@H](Nc2ncnc(N)c2-c2ccc(Oc3ccc(/C=C(/C#N)C(=O)N4C[C@H](F)C[C@@H](Nc5ncnc(N)c5-c5ccc(Oc6ccccc6)cc5)C4)cc3)cc2)C1. The van der Waals surface area contributed by atoms with Gasteiger partial charge in [0.2, 0.25) is 0 Å². The lowest BCUT2D eigenvalue weighted by atomic mass is 10.0. The number of ether oxygens (including phenoxy) is 2. The minimum Gasteiger partial charge on any atom is -0.457 e. The van der Waals surface area contributed by atoms with Gasteiger partial charge in [-0.3, -0.25) is 9.59 Å². The Balaban J connectivity index is 0.899. The first-order chi connectivity index (χ1) is 32.9. The third-order valence-corrected chi connectivity index (χ3v) is 11.2. The molecule has 4 heterocycles. The van der Waals surface area contributed by atoms with Gasteiger partial charge in [-0.05, 0) is 71.3 Å². The van der Waals surface area contributed by atoms with E-state index in [0.717, 1.165) is 0 Å². The Morgan fingerprint density at radius 1 is 0.632 bits per heavy atom. The van der Waals surface area contributed by atoms with Crippen LogP contribution < -0.4 is 31.6 Å². The number of carbonyl (C=O) groups excluding carboxylic acids is 2. The molecule has 2 amide bonds. The topological polar surface area (TPSA) is 234 Å². The molecule has 2 aliphatic heterocycles. The number of nitrogen functional groups attached to an aromatic ring is 2. The molecule has 0 radical (unpaired) electrons. The van der Waals surface area contributed by atoms with Crippen LogP contribution in [0.5, 0.6) is 23.0 Å². The van der Waals surface area contributed by atoms with E-state index < -0.39 is 36.2 Å². The zero-order chi connectivity index (χ0) is 47.7. The molecule has 0 bridgehead atoms. The number of alkyl halides is 2. The van der Waals surface area contributed by atoms with Gasteiger partial charge in [-0.15, -0.1) is 0 Å². The molecule has 4 aromatic carbocycles. The zero-order valence-corrected chi connectivity index (χ0v) is 36.4. The van der Waals surface area contributed by atoms with E-state index in [0.29, 0.717) is 62.5 Å². The molecule has 16 nitrogen and oxygen atoms in total. The van der Waals surface area contributed by atoms with Gasteiger partial charge in [0.1, 0.15) is 94.6 Å². The van der Waals surface area contributed by atoms with Crippen LogP contribution in [0.3, 0.4) is 0 Å². The summed E-state index contributed by atoms with van der Waals surface area (Å²) in [4.78, 5) is 46.0. The highest BCUT2D eigenvalue weighted by atomic mass is 19.1. The number of benzene rings is 4. The zero-order valence-electron chi connectivity index (χ0n) is 36.4. The number of amides is 2. The highest BCUT2D eigenvalue weighted by molar-refractivity contribution is 6.02. The Bertz CT molecular complexity index is 2930. The predicted molar refractivity (Wildman–Crippen MR) is 252 cm³/mol. The molecular formula is C50H44F2N12O4. The smallest absolute Gasteiger partial charge is 0.264 e. The van der Waals surface area contributed by atoms with Crippen molar-refractivity contribution in [3.05, 3.63) is 139 Å². The van der Waals surface area contributed by atoms with Crippen LogP contribution in [-0.2, 0) is 9.59 Å². The number of anilines is 4. The van der Waals surface area contributed by atoms with Crippen molar-refractivity contribution in [2.75, 3.05) is 48.3 Å². The van der Waals surface area contributed by atoms with Gasteiger partial charge < -0.3 is 41.4 Å². The molecular weight excluding hydrogens is 871 g/mol. The van der Waals surface area contributed by atoms with Crippen molar-refractivity contribution in [3.8, 4) is 57.4 Å². The van der Waals surface area contributed by atoms with Gasteiger partial charge in [0.05, 0.1) is 24.2 Å². The molecule has 6 aromatic rings. The van der Waals surface area contributed by atoms with Gasteiger partial charge in [0.15, 0.2) is 0 Å². The summed E-state index contributed by atoms with van der Waals surface area (Å²) >= 11 is 0. The predicted octanol–water partition coefficient (Wildman–Crippen LogP) is 7.74. The van der Waals surface area contributed by atoms with E-state index in [1.54, 1.807) is 66.7 Å². The number of nitrogens with one attached hydrogen (secondary N) is 2. The van der Waals surface area contributed by atoms with E-state index in [1.165, 1.54) is 28.5 Å². The molecule has 2 saturated heterocycles. The van der Waals surface area contributed by atoms with Crippen LogP contribution in [0.15, 0.2) is 134 Å². The number of halogens is 2. The third-order valence-electron chi connectivity index (χ3n) is 11.2. The summed E-state index contributed by atoms with van der Waals surface area (Å²) in [5.41, 5.74) is 15.1. The number of nitriles is 2. The fraction of sp³-hybridized carbons (Fsp3) is 0.200. The number of nitrogens with two attached hydrogens (primary N) is 2. The molecule has 6 N–H and O–H groups in total.